The summed E-state index contributed by atoms with van der Waals surface area (Å²) in [6.45, 7) is 2.18. The van der Waals surface area contributed by atoms with Crippen LogP contribution in [0.5, 0.6) is 0 Å². The van der Waals surface area contributed by atoms with Crippen LogP contribution in [0.4, 0.5) is 16.0 Å². The predicted molar refractivity (Wildman–Crippen MR) is 118 cm³/mol. The average Bonchev–Trinajstić information content (AvgIpc) is 3.10. The van der Waals surface area contributed by atoms with E-state index in [0.717, 1.165) is 10.9 Å². The van der Waals surface area contributed by atoms with Crippen molar-refractivity contribution in [2.24, 2.45) is 0 Å². The van der Waals surface area contributed by atoms with Crippen molar-refractivity contribution in [3.05, 3.63) is 81.2 Å². The van der Waals surface area contributed by atoms with Crippen LogP contribution in [0.1, 0.15) is 11.1 Å². The summed E-state index contributed by atoms with van der Waals surface area (Å²) >= 11 is 11.3. The van der Waals surface area contributed by atoms with Crippen molar-refractivity contribution in [1.29, 1.82) is 0 Å². The van der Waals surface area contributed by atoms with E-state index in [-0.39, 0.29) is 11.1 Å². The fourth-order valence-electron chi connectivity index (χ4n) is 2.92. The molecule has 2 aromatic heterocycles. The number of halogens is 2. The molecule has 152 valence electrons. The van der Waals surface area contributed by atoms with Crippen LogP contribution >= 0.6 is 23.8 Å². The predicted octanol–water partition coefficient (Wildman–Crippen LogP) is 4.34. The molecule has 2 N–H and O–H groups in total. The number of fused-ring (bicyclic) bond motifs is 1. The first-order chi connectivity index (χ1) is 14.4. The Kier molecular flexibility index (Phi) is 5.47. The van der Waals surface area contributed by atoms with Gasteiger partial charge in [0.05, 0.1) is 6.54 Å². The minimum atomic E-state index is -0.408. The van der Waals surface area contributed by atoms with Crippen LogP contribution in [-0.2, 0) is 6.54 Å². The molecule has 0 fully saturated rings. The molecule has 0 atom stereocenters. The van der Waals surface area contributed by atoms with Gasteiger partial charge in [-0.15, -0.1) is 5.10 Å². The lowest BCUT2D eigenvalue weighted by atomic mass is 10.1. The maximum absolute atomic E-state index is 13.2. The SMILES string of the molecule is Cc1cc(=O)oc2cc(NC(=S)Nc3ncn(Cc4ccc(F)cc4Cl)n3)ccc12. The third kappa shape index (κ3) is 4.47. The van der Waals surface area contributed by atoms with E-state index < -0.39 is 11.4 Å². The number of hydrogen-bond donors (Lipinski definition) is 2. The Morgan fingerprint density at radius 3 is 2.87 bits per heavy atom. The molecule has 4 rings (SSSR count). The molecule has 0 amide bonds. The number of aromatic nitrogens is 3. The van der Waals surface area contributed by atoms with Gasteiger partial charge in [0.25, 0.3) is 0 Å². The standard InChI is InChI=1S/C20H15ClFN5O2S/c1-11-6-18(28)29-17-8-14(4-5-15(11)17)24-20(30)25-19-23-10-27(26-19)9-12-2-3-13(22)7-16(12)21/h2-8,10H,9H2,1H3,(H2,24,25,26,30). The highest BCUT2D eigenvalue weighted by atomic mass is 35.5. The summed E-state index contributed by atoms with van der Waals surface area (Å²) in [5.41, 5.74) is 2.25. The zero-order valence-electron chi connectivity index (χ0n) is 15.6. The average molecular weight is 444 g/mol. The van der Waals surface area contributed by atoms with Gasteiger partial charge in [0.2, 0.25) is 5.95 Å². The van der Waals surface area contributed by atoms with Crippen molar-refractivity contribution in [3.63, 3.8) is 0 Å². The van der Waals surface area contributed by atoms with Crippen molar-refractivity contribution in [3.8, 4) is 0 Å². The van der Waals surface area contributed by atoms with E-state index in [4.69, 9.17) is 28.2 Å². The summed E-state index contributed by atoms with van der Waals surface area (Å²) in [5, 5.41) is 11.6. The van der Waals surface area contributed by atoms with Crippen LogP contribution in [0.3, 0.4) is 0 Å². The molecule has 0 unspecified atom stereocenters. The Bertz CT molecular complexity index is 1320. The van der Waals surface area contributed by atoms with Crippen LogP contribution in [0.25, 0.3) is 11.0 Å². The molecule has 2 aromatic carbocycles. The zero-order valence-corrected chi connectivity index (χ0v) is 17.2. The second-order valence-corrected chi connectivity index (χ2v) is 7.36. The Hall–Kier alpha value is -3.30. The Labute approximate surface area is 180 Å². The minimum absolute atomic E-state index is 0.266. The maximum Gasteiger partial charge on any atom is 0.336 e. The summed E-state index contributed by atoms with van der Waals surface area (Å²) < 4.78 is 20.0. The molecule has 0 aliphatic heterocycles. The largest absolute Gasteiger partial charge is 0.423 e. The molecule has 0 saturated heterocycles. The van der Waals surface area contributed by atoms with Crippen LogP contribution in [-0.4, -0.2) is 19.9 Å². The third-order valence-electron chi connectivity index (χ3n) is 4.32. The number of nitrogens with zero attached hydrogens (tertiary/aromatic N) is 3. The molecule has 0 aliphatic carbocycles. The Morgan fingerprint density at radius 2 is 2.07 bits per heavy atom. The van der Waals surface area contributed by atoms with Gasteiger partial charge in [0, 0.05) is 28.2 Å². The van der Waals surface area contributed by atoms with Crippen molar-refractivity contribution < 1.29 is 8.81 Å². The molecule has 0 spiro atoms. The molecule has 7 nitrogen and oxygen atoms in total. The van der Waals surface area contributed by atoms with Gasteiger partial charge >= 0.3 is 5.63 Å². The van der Waals surface area contributed by atoms with Crippen LogP contribution in [0, 0.1) is 12.7 Å². The molecule has 0 radical (unpaired) electrons. The normalized spacial score (nSPS) is 10.9. The smallest absolute Gasteiger partial charge is 0.336 e. The van der Waals surface area contributed by atoms with Gasteiger partial charge in [0.15, 0.2) is 5.11 Å². The first-order valence-corrected chi connectivity index (χ1v) is 9.62. The number of nitrogens with one attached hydrogen (secondary N) is 2. The fourth-order valence-corrected chi connectivity index (χ4v) is 3.36. The lowest BCUT2D eigenvalue weighted by molar-refractivity contribution is 0.560. The topological polar surface area (TPSA) is 85.0 Å². The summed E-state index contributed by atoms with van der Waals surface area (Å²) in [7, 11) is 0. The Morgan fingerprint density at radius 1 is 1.23 bits per heavy atom. The van der Waals surface area contributed by atoms with E-state index in [1.165, 1.54) is 24.5 Å². The highest BCUT2D eigenvalue weighted by molar-refractivity contribution is 7.80. The van der Waals surface area contributed by atoms with E-state index in [2.05, 4.69) is 20.7 Å². The monoisotopic (exact) mass is 443 g/mol. The van der Waals surface area contributed by atoms with Gasteiger partial charge in [-0.25, -0.2) is 18.9 Å². The van der Waals surface area contributed by atoms with Crippen molar-refractivity contribution in [1.82, 2.24) is 14.8 Å². The number of benzene rings is 2. The zero-order chi connectivity index (χ0) is 21.3. The van der Waals surface area contributed by atoms with Crippen molar-refractivity contribution in [2.45, 2.75) is 13.5 Å². The second kappa shape index (κ2) is 8.21. The van der Waals surface area contributed by atoms with Crippen LogP contribution in [0.2, 0.25) is 5.02 Å². The van der Waals surface area contributed by atoms with E-state index in [1.807, 2.05) is 19.1 Å². The van der Waals surface area contributed by atoms with E-state index >= 15 is 0 Å². The lowest BCUT2D eigenvalue weighted by Crippen LogP contribution is -2.20. The third-order valence-corrected chi connectivity index (χ3v) is 4.87. The highest BCUT2D eigenvalue weighted by Gasteiger charge is 2.08. The second-order valence-electron chi connectivity index (χ2n) is 6.54. The maximum atomic E-state index is 13.2. The van der Waals surface area contributed by atoms with Crippen molar-refractivity contribution in [2.75, 3.05) is 10.6 Å². The fraction of sp³-hybridized carbons (Fsp3) is 0.100. The molecule has 4 aromatic rings. The first-order valence-electron chi connectivity index (χ1n) is 8.83. The van der Waals surface area contributed by atoms with E-state index in [9.17, 15) is 9.18 Å². The number of hydrogen-bond acceptors (Lipinski definition) is 5. The molecular weight excluding hydrogens is 429 g/mol. The summed E-state index contributed by atoms with van der Waals surface area (Å²) in [6, 6.07) is 11.0. The summed E-state index contributed by atoms with van der Waals surface area (Å²) in [6.07, 6.45) is 1.51. The van der Waals surface area contributed by atoms with Gasteiger partial charge in [-0.05, 0) is 54.5 Å². The van der Waals surface area contributed by atoms with Gasteiger partial charge in [-0.3, -0.25) is 5.32 Å². The van der Waals surface area contributed by atoms with Crippen molar-refractivity contribution >= 4 is 51.5 Å². The number of aryl methyl sites for hydroxylation is 1. The molecule has 0 bridgehead atoms. The van der Waals surface area contributed by atoms with E-state index in [1.54, 1.807) is 16.8 Å². The minimum Gasteiger partial charge on any atom is -0.423 e. The summed E-state index contributed by atoms with van der Waals surface area (Å²) in [4.78, 5) is 15.7. The van der Waals surface area contributed by atoms with Gasteiger partial charge in [-0.2, -0.15) is 0 Å². The van der Waals surface area contributed by atoms with Crippen LogP contribution < -0.4 is 16.3 Å². The first kappa shape index (κ1) is 20.0. The molecule has 10 heteroatoms. The molecule has 30 heavy (non-hydrogen) atoms. The van der Waals surface area contributed by atoms with Gasteiger partial charge in [0.1, 0.15) is 17.7 Å². The number of thiocarbonyl (C=S) groups is 1. The van der Waals surface area contributed by atoms with Gasteiger partial charge in [-0.1, -0.05) is 17.7 Å². The highest BCUT2D eigenvalue weighted by Crippen LogP contribution is 2.21. The van der Waals surface area contributed by atoms with Crippen LogP contribution in [0.15, 0.2) is 58.0 Å². The molecule has 0 aliphatic rings. The summed E-state index contributed by atoms with van der Waals surface area (Å²) in [5.74, 6) is -0.113. The number of anilines is 2. The quantitative estimate of drug-likeness (QED) is 0.358. The Balaban J connectivity index is 1.43. The van der Waals surface area contributed by atoms with Gasteiger partial charge < -0.3 is 9.73 Å². The molecule has 2 heterocycles. The lowest BCUT2D eigenvalue weighted by Gasteiger charge is -2.09. The molecular formula is C20H15ClFN5O2S. The molecule has 0 saturated carbocycles. The van der Waals surface area contributed by atoms with E-state index in [0.29, 0.717) is 28.4 Å². The number of rotatable bonds is 4.